The van der Waals surface area contributed by atoms with Crippen LogP contribution in [0.3, 0.4) is 0 Å². The third-order valence-corrected chi connectivity index (χ3v) is 9.98. The molecule has 0 saturated carbocycles. The van der Waals surface area contributed by atoms with Gasteiger partial charge in [0.25, 0.3) is 0 Å². The summed E-state index contributed by atoms with van der Waals surface area (Å²) in [5.41, 5.74) is 1.60. The standard InChI is InChI=1S/C37H42F2N4O5/c1-9-24-26(38)12-10-21-14-23(46-17-45-8)15-25(29(21)24)32-31(39)28-18(2)19(3)40-34-30(28)35(41-32)47-20(4)33-27-13-11-22(16-42(33)34)43(27)36(44)48-37(5,6)7/h10,12,14-15,20,22,27,33H,9,11,13,16-17H2,1-8H3/t20-,22+,27-,33+/m0/s1. The summed E-state index contributed by atoms with van der Waals surface area (Å²) in [4.78, 5) is 27.5. The Bertz CT molecular complexity index is 1960. The van der Waals surface area contributed by atoms with E-state index in [0.29, 0.717) is 68.5 Å². The van der Waals surface area contributed by atoms with Crippen molar-refractivity contribution < 1.29 is 32.5 Å². The summed E-state index contributed by atoms with van der Waals surface area (Å²) in [5, 5.41) is 2.11. The molecular formula is C37H42F2N4O5. The highest BCUT2D eigenvalue weighted by molar-refractivity contribution is 6.05. The third-order valence-electron chi connectivity index (χ3n) is 9.98. The minimum Gasteiger partial charge on any atom is -0.472 e. The molecule has 9 nitrogen and oxygen atoms in total. The lowest BCUT2D eigenvalue weighted by atomic mass is 9.93. The van der Waals surface area contributed by atoms with Crippen molar-refractivity contribution in [2.75, 3.05) is 25.3 Å². The Morgan fingerprint density at radius 3 is 2.56 bits per heavy atom. The number of pyridine rings is 2. The van der Waals surface area contributed by atoms with Crippen molar-refractivity contribution >= 4 is 33.5 Å². The van der Waals surface area contributed by atoms with Gasteiger partial charge in [0.2, 0.25) is 5.88 Å². The number of methoxy groups -OCH3 is 1. The number of hydrogen-bond acceptors (Lipinski definition) is 8. The normalized spacial score (nSPS) is 21.7. The van der Waals surface area contributed by atoms with Gasteiger partial charge in [-0.1, -0.05) is 13.0 Å². The first kappa shape index (κ1) is 32.3. The van der Waals surface area contributed by atoms with E-state index in [1.165, 1.54) is 13.2 Å². The van der Waals surface area contributed by atoms with Gasteiger partial charge < -0.3 is 23.8 Å². The summed E-state index contributed by atoms with van der Waals surface area (Å²) in [6.07, 6.45) is 1.21. The first-order valence-corrected chi connectivity index (χ1v) is 16.6. The number of rotatable bonds is 5. The van der Waals surface area contributed by atoms with Crippen molar-refractivity contribution in [2.45, 2.75) is 97.6 Å². The molecule has 0 aliphatic carbocycles. The van der Waals surface area contributed by atoms with Crippen LogP contribution < -0.4 is 14.4 Å². The lowest BCUT2D eigenvalue weighted by Gasteiger charge is -2.48. The Kier molecular flexibility index (Phi) is 7.89. The van der Waals surface area contributed by atoms with E-state index in [9.17, 15) is 4.79 Å². The molecule has 2 saturated heterocycles. The molecular weight excluding hydrogens is 618 g/mol. The predicted octanol–water partition coefficient (Wildman–Crippen LogP) is 7.63. The van der Waals surface area contributed by atoms with Crippen LogP contribution in [0.2, 0.25) is 0 Å². The van der Waals surface area contributed by atoms with Crippen molar-refractivity contribution in [1.29, 1.82) is 0 Å². The lowest BCUT2D eigenvalue weighted by molar-refractivity contribution is 0.000952. The molecule has 0 spiro atoms. The van der Waals surface area contributed by atoms with Crippen LogP contribution >= 0.6 is 0 Å². The summed E-state index contributed by atoms with van der Waals surface area (Å²) in [6.45, 7) is 13.6. The highest BCUT2D eigenvalue weighted by Gasteiger charge is 2.53. The average Bonchev–Trinajstić information content (AvgIpc) is 3.28. The number of anilines is 1. The van der Waals surface area contributed by atoms with Gasteiger partial charge in [-0.15, -0.1) is 0 Å². The molecule has 0 unspecified atom stereocenters. The van der Waals surface area contributed by atoms with Crippen molar-refractivity contribution in [3.05, 3.63) is 52.7 Å². The first-order chi connectivity index (χ1) is 22.8. The molecule has 4 aromatic rings. The van der Waals surface area contributed by atoms with Crippen LogP contribution in [-0.2, 0) is 15.9 Å². The molecule has 3 aliphatic heterocycles. The molecule has 5 heterocycles. The Morgan fingerprint density at radius 2 is 1.85 bits per heavy atom. The molecule has 254 valence electrons. The number of benzene rings is 2. The Morgan fingerprint density at radius 1 is 1.08 bits per heavy atom. The fourth-order valence-electron chi connectivity index (χ4n) is 7.91. The summed E-state index contributed by atoms with van der Waals surface area (Å²) < 4.78 is 56.1. The second-order valence-electron chi connectivity index (χ2n) is 14.1. The molecule has 11 heteroatoms. The number of ether oxygens (including phenoxy) is 4. The number of nitrogens with zero attached hydrogens (tertiary/aromatic N) is 4. The number of carbonyl (C=O) groups is 1. The van der Waals surface area contributed by atoms with Gasteiger partial charge in [-0.25, -0.2) is 23.5 Å². The molecule has 2 bridgehead atoms. The number of carbonyl (C=O) groups excluding carboxylic acids is 1. The largest absolute Gasteiger partial charge is 0.472 e. The van der Waals surface area contributed by atoms with Gasteiger partial charge in [0.15, 0.2) is 12.6 Å². The van der Waals surface area contributed by atoms with Crippen LogP contribution in [0.15, 0.2) is 24.3 Å². The number of fused-ring (bicyclic) bond motifs is 6. The zero-order valence-electron chi connectivity index (χ0n) is 28.7. The van der Waals surface area contributed by atoms with Crippen LogP contribution in [0.1, 0.15) is 64.3 Å². The second-order valence-corrected chi connectivity index (χ2v) is 14.1. The molecule has 2 aromatic carbocycles. The van der Waals surface area contributed by atoms with E-state index in [-0.39, 0.29) is 48.4 Å². The van der Waals surface area contributed by atoms with Gasteiger partial charge in [0.1, 0.15) is 34.8 Å². The third kappa shape index (κ3) is 5.09. The van der Waals surface area contributed by atoms with Gasteiger partial charge >= 0.3 is 6.09 Å². The van der Waals surface area contributed by atoms with Crippen molar-refractivity contribution in [3.63, 3.8) is 0 Å². The van der Waals surface area contributed by atoms with Crippen molar-refractivity contribution in [1.82, 2.24) is 14.9 Å². The van der Waals surface area contributed by atoms with E-state index in [4.69, 9.17) is 28.9 Å². The van der Waals surface area contributed by atoms with E-state index in [2.05, 4.69) is 4.90 Å². The van der Waals surface area contributed by atoms with E-state index in [0.717, 1.165) is 12.8 Å². The second kappa shape index (κ2) is 11.7. The molecule has 1 amide bonds. The van der Waals surface area contributed by atoms with E-state index in [1.807, 2.05) is 53.4 Å². The Labute approximate surface area is 279 Å². The summed E-state index contributed by atoms with van der Waals surface area (Å²) >= 11 is 0. The highest BCUT2D eigenvalue weighted by Crippen LogP contribution is 2.48. The number of aromatic nitrogens is 2. The van der Waals surface area contributed by atoms with Gasteiger partial charge in [0, 0.05) is 30.3 Å². The van der Waals surface area contributed by atoms with Gasteiger partial charge in [0.05, 0.1) is 23.5 Å². The Hall–Kier alpha value is -4.25. The van der Waals surface area contributed by atoms with E-state index >= 15 is 8.78 Å². The molecule has 2 fully saturated rings. The van der Waals surface area contributed by atoms with Crippen LogP contribution in [0, 0.1) is 25.5 Å². The minimum absolute atomic E-state index is 0.0146. The summed E-state index contributed by atoms with van der Waals surface area (Å²) in [6, 6.07) is 6.01. The fourth-order valence-corrected chi connectivity index (χ4v) is 7.91. The number of aryl methyl sites for hydroxylation is 3. The SMILES string of the molecule is CCc1c(F)ccc2cc(OCOC)cc(-c3nc4c5c(nc(C)c(C)c5c3F)N3C[C@H]5CC[C@@H]([C@H]3[C@H](C)O4)N5C(=O)OC(C)(C)C)c12. The van der Waals surface area contributed by atoms with Crippen molar-refractivity contribution in [3.8, 4) is 22.9 Å². The van der Waals surface area contributed by atoms with Gasteiger partial charge in [-0.05, 0) is 101 Å². The fraction of sp³-hybridized carbons (Fsp3) is 0.486. The Balaban J connectivity index is 1.45. The lowest BCUT2D eigenvalue weighted by Crippen LogP contribution is -2.65. The van der Waals surface area contributed by atoms with Gasteiger partial charge in [-0.3, -0.25) is 4.90 Å². The molecule has 48 heavy (non-hydrogen) atoms. The quantitative estimate of drug-likeness (QED) is 0.202. The molecule has 4 atom stereocenters. The minimum atomic E-state index is -0.633. The van der Waals surface area contributed by atoms with Crippen LogP contribution in [0.4, 0.5) is 19.4 Å². The molecule has 2 aromatic heterocycles. The van der Waals surface area contributed by atoms with E-state index < -0.39 is 17.5 Å². The average molecular weight is 661 g/mol. The van der Waals surface area contributed by atoms with Gasteiger partial charge in [-0.2, -0.15) is 0 Å². The van der Waals surface area contributed by atoms with Crippen LogP contribution in [0.25, 0.3) is 32.8 Å². The summed E-state index contributed by atoms with van der Waals surface area (Å²) in [7, 11) is 1.52. The highest BCUT2D eigenvalue weighted by atomic mass is 19.1. The number of halogens is 2. The zero-order valence-corrected chi connectivity index (χ0v) is 28.7. The molecule has 3 aliphatic rings. The summed E-state index contributed by atoms with van der Waals surface area (Å²) in [5.74, 6) is 0.367. The van der Waals surface area contributed by atoms with Crippen LogP contribution in [0.5, 0.6) is 11.6 Å². The van der Waals surface area contributed by atoms with Crippen LogP contribution in [-0.4, -0.2) is 71.2 Å². The first-order valence-electron chi connectivity index (χ1n) is 16.6. The number of amides is 1. The molecule has 7 rings (SSSR count). The van der Waals surface area contributed by atoms with Crippen molar-refractivity contribution in [2.24, 2.45) is 0 Å². The molecule has 0 N–H and O–H groups in total. The monoisotopic (exact) mass is 660 g/mol. The molecule has 0 radical (unpaired) electrons. The maximum Gasteiger partial charge on any atom is 0.410 e. The predicted molar refractivity (Wildman–Crippen MR) is 180 cm³/mol. The number of piperazine rings is 1. The number of hydrogen-bond donors (Lipinski definition) is 0. The smallest absolute Gasteiger partial charge is 0.410 e. The topological polar surface area (TPSA) is 86.3 Å². The maximum atomic E-state index is 17.3. The zero-order chi connectivity index (χ0) is 34.2. The van der Waals surface area contributed by atoms with E-state index in [1.54, 1.807) is 18.2 Å². The maximum absolute atomic E-state index is 17.3.